The molecule has 0 saturated heterocycles. The van der Waals surface area contributed by atoms with Gasteiger partial charge in [-0.3, -0.25) is 4.79 Å². The maximum absolute atomic E-state index is 13.0. The number of benzene rings is 1. The fraction of sp³-hybridized carbons (Fsp3) is 0.381. The summed E-state index contributed by atoms with van der Waals surface area (Å²) in [6.07, 6.45) is 4.35. The number of rotatable bonds is 6. The van der Waals surface area contributed by atoms with Crippen LogP contribution in [0, 0.1) is 13.8 Å². The van der Waals surface area contributed by atoms with Gasteiger partial charge in [-0.15, -0.1) is 5.10 Å². The molecular formula is C21H23BrN6OS. The Labute approximate surface area is 188 Å². The molecule has 2 aromatic heterocycles. The van der Waals surface area contributed by atoms with Crippen LogP contribution in [0.1, 0.15) is 53.3 Å². The van der Waals surface area contributed by atoms with E-state index < -0.39 is 0 Å². The number of nitrogens with one attached hydrogen (secondary N) is 1. The van der Waals surface area contributed by atoms with Gasteiger partial charge in [-0.05, 0) is 57.0 Å². The number of halogens is 1. The van der Waals surface area contributed by atoms with Crippen LogP contribution in [0.3, 0.4) is 0 Å². The number of aromatic nitrogens is 5. The van der Waals surface area contributed by atoms with Gasteiger partial charge in [0.25, 0.3) is 5.91 Å². The predicted octanol–water partition coefficient (Wildman–Crippen LogP) is 4.40. The van der Waals surface area contributed by atoms with Crippen molar-refractivity contribution >= 4 is 33.6 Å². The molecule has 2 heterocycles. The summed E-state index contributed by atoms with van der Waals surface area (Å²) >= 11 is 4.94. The minimum Gasteiger partial charge on any atom is -0.348 e. The third-order valence-corrected chi connectivity index (χ3v) is 6.43. The molecule has 9 heteroatoms. The van der Waals surface area contributed by atoms with Gasteiger partial charge < -0.3 is 5.32 Å². The summed E-state index contributed by atoms with van der Waals surface area (Å²) in [6, 6.07) is 9.94. The minimum absolute atomic E-state index is 0.165. The lowest BCUT2D eigenvalue weighted by Gasteiger charge is -2.12. The molecule has 0 atom stereocenters. The van der Waals surface area contributed by atoms with Crippen LogP contribution >= 0.6 is 27.7 Å². The van der Waals surface area contributed by atoms with Crippen molar-refractivity contribution in [1.29, 1.82) is 0 Å². The zero-order chi connectivity index (χ0) is 21.1. The van der Waals surface area contributed by atoms with Crippen LogP contribution in [-0.2, 0) is 5.75 Å². The molecule has 1 N–H and O–H groups in total. The van der Waals surface area contributed by atoms with E-state index in [1.807, 2.05) is 44.2 Å². The van der Waals surface area contributed by atoms with Crippen molar-refractivity contribution in [2.75, 3.05) is 0 Å². The highest BCUT2D eigenvalue weighted by Crippen LogP contribution is 2.25. The fourth-order valence-electron chi connectivity index (χ4n) is 3.61. The number of amides is 1. The highest BCUT2D eigenvalue weighted by molar-refractivity contribution is 9.10. The summed E-state index contributed by atoms with van der Waals surface area (Å²) in [6.45, 7) is 3.90. The van der Waals surface area contributed by atoms with Gasteiger partial charge in [-0.2, -0.15) is 0 Å². The van der Waals surface area contributed by atoms with E-state index in [4.69, 9.17) is 0 Å². The van der Waals surface area contributed by atoms with Crippen LogP contribution in [-0.4, -0.2) is 36.9 Å². The van der Waals surface area contributed by atoms with E-state index in [2.05, 4.69) is 41.5 Å². The van der Waals surface area contributed by atoms with Gasteiger partial charge in [0.15, 0.2) is 10.9 Å². The lowest BCUT2D eigenvalue weighted by molar-refractivity contribution is 0.0932. The second-order valence-corrected chi connectivity index (χ2v) is 9.31. The minimum atomic E-state index is -0.165. The summed E-state index contributed by atoms with van der Waals surface area (Å²) in [7, 11) is 0. The first-order valence-corrected chi connectivity index (χ1v) is 11.7. The fourth-order valence-corrected chi connectivity index (χ4v) is 4.82. The molecule has 0 spiro atoms. The zero-order valence-corrected chi connectivity index (χ0v) is 19.3. The van der Waals surface area contributed by atoms with Crippen molar-refractivity contribution in [3.05, 3.63) is 57.6 Å². The van der Waals surface area contributed by atoms with Gasteiger partial charge in [0.05, 0.1) is 11.4 Å². The number of nitrogens with zero attached hydrogens (tertiary/aromatic N) is 5. The Morgan fingerprint density at radius 1 is 1.17 bits per heavy atom. The number of carbonyl (C=O) groups is 1. The van der Waals surface area contributed by atoms with E-state index in [9.17, 15) is 4.79 Å². The van der Waals surface area contributed by atoms with Crippen LogP contribution in [0.5, 0.6) is 0 Å². The zero-order valence-electron chi connectivity index (χ0n) is 16.9. The third kappa shape index (κ3) is 4.89. The number of carbonyl (C=O) groups excluding carboxylic acids is 1. The van der Waals surface area contributed by atoms with Crippen molar-refractivity contribution in [3.63, 3.8) is 0 Å². The van der Waals surface area contributed by atoms with Gasteiger partial charge in [-0.1, -0.05) is 45.7 Å². The second kappa shape index (κ2) is 9.26. The first-order valence-electron chi connectivity index (χ1n) is 9.96. The summed E-state index contributed by atoms with van der Waals surface area (Å²) in [5, 5.41) is 12.3. The van der Waals surface area contributed by atoms with Gasteiger partial charge in [-0.25, -0.2) is 14.6 Å². The van der Waals surface area contributed by atoms with E-state index >= 15 is 0 Å². The quantitative estimate of drug-likeness (QED) is 0.410. The molecule has 156 valence electrons. The Morgan fingerprint density at radius 3 is 2.50 bits per heavy atom. The normalized spacial score (nSPS) is 14.2. The van der Waals surface area contributed by atoms with E-state index in [0.29, 0.717) is 16.6 Å². The Balaban J connectivity index is 1.64. The van der Waals surface area contributed by atoms with E-state index in [-0.39, 0.29) is 11.9 Å². The first kappa shape index (κ1) is 21.0. The molecule has 3 aromatic rings. The monoisotopic (exact) mass is 486 g/mol. The van der Waals surface area contributed by atoms with Crippen molar-refractivity contribution < 1.29 is 4.79 Å². The summed E-state index contributed by atoms with van der Waals surface area (Å²) in [5.41, 5.74) is 3.79. The third-order valence-electron chi connectivity index (χ3n) is 5.04. The molecule has 1 aliphatic rings. The standard InChI is InChI=1S/C21H23BrN6OS/c1-13-11-14(2)24-21(23-13)30-12-18-19(20(29)25-16-5-3-4-6-16)26-27-28(18)17-9-7-15(22)8-10-17/h7-11,16H,3-6,12H2,1-2H3,(H,25,29). The molecule has 0 aliphatic heterocycles. The summed E-state index contributed by atoms with van der Waals surface area (Å²) in [4.78, 5) is 22.0. The van der Waals surface area contributed by atoms with Crippen molar-refractivity contribution in [1.82, 2.24) is 30.3 Å². The molecule has 0 bridgehead atoms. The molecule has 30 heavy (non-hydrogen) atoms. The Kier molecular flexibility index (Phi) is 6.48. The molecule has 1 amide bonds. The maximum Gasteiger partial charge on any atom is 0.274 e. The molecule has 4 rings (SSSR count). The van der Waals surface area contributed by atoms with Crippen molar-refractivity contribution in [2.45, 2.75) is 56.5 Å². The van der Waals surface area contributed by atoms with Crippen LogP contribution in [0.4, 0.5) is 0 Å². The molecular weight excluding hydrogens is 464 g/mol. The molecule has 1 saturated carbocycles. The smallest absolute Gasteiger partial charge is 0.274 e. The van der Waals surface area contributed by atoms with Crippen molar-refractivity contribution in [3.8, 4) is 5.69 Å². The number of hydrogen-bond acceptors (Lipinski definition) is 6. The Bertz CT molecular complexity index is 1030. The van der Waals surface area contributed by atoms with Crippen LogP contribution in [0.25, 0.3) is 5.69 Å². The highest BCUT2D eigenvalue weighted by atomic mass is 79.9. The highest BCUT2D eigenvalue weighted by Gasteiger charge is 2.24. The van der Waals surface area contributed by atoms with Gasteiger partial charge in [0.1, 0.15) is 0 Å². The average Bonchev–Trinajstić information content (AvgIpc) is 3.36. The molecule has 0 radical (unpaired) electrons. The topological polar surface area (TPSA) is 85.6 Å². The molecule has 1 fully saturated rings. The number of aryl methyl sites for hydroxylation is 2. The largest absolute Gasteiger partial charge is 0.348 e. The van der Waals surface area contributed by atoms with Crippen LogP contribution < -0.4 is 5.32 Å². The Morgan fingerprint density at radius 2 is 1.83 bits per heavy atom. The summed E-state index contributed by atoms with van der Waals surface area (Å²) in [5.74, 6) is 0.321. The predicted molar refractivity (Wildman–Crippen MR) is 120 cm³/mol. The molecule has 1 aromatic carbocycles. The van der Waals surface area contributed by atoms with E-state index in [1.54, 1.807) is 4.68 Å². The lowest BCUT2D eigenvalue weighted by Crippen LogP contribution is -2.33. The van der Waals surface area contributed by atoms with Crippen LogP contribution in [0.2, 0.25) is 0 Å². The van der Waals surface area contributed by atoms with E-state index in [0.717, 1.165) is 52.9 Å². The first-order chi connectivity index (χ1) is 14.5. The molecule has 7 nitrogen and oxygen atoms in total. The van der Waals surface area contributed by atoms with Gasteiger partial charge in [0.2, 0.25) is 0 Å². The van der Waals surface area contributed by atoms with E-state index in [1.165, 1.54) is 11.8 Å². The number of thioether (sulfide) groups is 1. The lowest BCUT2D eigenvalue weighted by atomic mass is 10.2. The molecule has 1 aliphatic carbocycles. The van der Waals surface area contributed by atoms with Crippen molar-refractivity contribution in [2.24, 2.45) is 0 Å². The number of hydrogen-bond donors (Lipinski definition) is 1. The Hall–Kier alpha value is -2.26. The van der Waals surface area contributed by atoms with Gasteiger partial charge in [0, 0.05) is 27.7 Å². The molecule has 0 unspecified atom stereocenters. The van der Waals surface area contributed by atoms with Crippen LogP contribution in [0.15, 0.2) is 40.0 Å². The SMILES string of the molecule is Cc1cc(C)nc(SCc2c(C(=O)NC3CCCC3)nnn2-c2ccc(Br)cc2)n1. The second-order valence-electron chi connectivity index (χ2n) is 7.45. The summed E-state index contributed by atoms with van der Waals surface area (Å²) < 4.78 is 2.70. The van der Waals surface area contributed by atoms with Gasteiger partial charge >= 0.3 is 0 Å². The average molecular weight is 487 g/mol. The maximum atomic E-state index is 13.0.